The summed E-state index contributed by atoms with van der Waals surface area (Å²) >= 11 is 3.40. The number of carbonyl (C=O) groups is 2. The van der Waals surface area contributed by atoms with E-state index in [1.54, 1.807) is 0 Å². The lowest BCUT2D eigenvalue weighted by Crippen LogP contribution is -2.42. The molecule has 106 valence electrons. The predicted octanol–water partition coefficient (Wildman–Crippen LogP) is 2.89. The molecular formula is C14H14BrNO4. The summed E-state index contributed by atoms with van der Waals surface area (Å²) in [6.07, 6.45) is 1.29. The molecule has 1 aromatic rings. The van der Waals surface area contributed by atoms with Crippen LogP contribution in [0.1, 0.15) is 19.4 Å². The second-order valence-corrected chi connectivity index (χ2v) is 5.70. The third kappa shape index (κ3) is 3.19. The molecule has 0 aliphatic carbocycles. The molecule has 0 radical (unpaired) electrons. The van der Waals surface area contributed by atoms with Crippen molar-refractivity contribution in [3.8, 4) is 0 Å². The zero-order chi connectivity index (χ0) is 14.9. The van der Waals surface area contributed by atoms with E-state index in [9.17, 15) is 9.59 Å². The maximum atomic E-state index is 11.7. The fraction of sp³-hybridized carbons (Fsp3) is 0.286. The number of aryl methyl sites for hydroxylation is 1. The van der Waals surface area contributed by atoms with Crippen molar-refractivity contribution < 1.29 is 19.1 Å². The summed E-state index contributed by atoms with van der Waals surface area (Å²) < 4.78 is 11.0. The van der Waals surface area contributed by atoms with Crippen LogP contribution < -0.4 is 5.32 Å². The van der Waals surface area contributed by atoms with E-state index in [-0.39, 0.29) is 5.57 Å². The van der Waals surface area contributed by atoms with Crippen LogP contribution in [0.2, 0.25) is 0 Å². The van der Waals surface area contributed by atoms with Crippen LogP contribution in [0.25, 0.3) is 0 Å². The summed E-state index contributed by atoms with van der Waals surface area (Å²) in [7, 11) is 0. The lowest BCUT2D eigenvalue weighted by Gasteiger charge is -2.29. The Bertz CT molecular complexity index is 585. The Balaban J connectivity index is 2.17. The number of hydrogen-bond acceptors (Lipinski definition) is 5. The number of cyclic esters (lactones) is 2. The van der Waals surface area contributed by atoms with Crippen LogP contribution in [0.5, 0.6) is 0 Å². The van der Waals surface area contributed by atoms with Gasteiger partial charge in [0.2, 0.25) is 0 Å². The molecule has 1 heterocycles. The van der Waals surface area contributed by atoms with Crippen molar-refractivity contribution in [2.24, 2.45) is 0 Å². The number of halogens is 1. The van der Waals surface area contributed by atoms with Gasteiger partial charge in [0, 0.05) is 30.2 Å². The molecule has 1 aromatic carbocycles. The summed E-state index contributed by atoms with van der Waals surface area (Å²) in [5.74, 6) is -2.63. The standard InChI is InChI=1S/C14H14BrNO4/c1-8-6-9(4-5-11(8)15)16-7-10-12(17)19-14(2,3)20-13(10)18/h4-7,16H,1-3H3. The van der Waals surface area contributed by atoms with Crippen molar-refractivity contribution in [3.63, 3.8) is 0 Å². The molecule has 0 spiro atoms. The Morgan fingerprint density at radius 2 is 1.80 bits per heavy atom. The number of carbonyl (C=O) groups excluding carboxylic acids is 2. The molecule has 20 heavy (non-hydrogen) atoms. The van der Waals surface area contributed by atoms with Gasteiger partial charge in [-0.1, -0.05) is 15.9 Å². The number of rotatable bonds is 2. The molecule has 1 saturated heterocycles. The van der Waals surface area contributed by atoms with E-state index in [0.29, 0.717) is 0 Å². The third-order valence-corrected chi connectivity index (χ3v) is 3.55. The lowest BCUT2D eigenvalue weighted by atomic mass is 10.2. The monoisotopic (exact) mass is 339 g/mol. The third-order valence-electron chi connectivity index (χ3n) is 2.66. The molecule has 5 nitrogen and oxygen atoms in total. The molecule has 6 heteroatoms. The average molecular weight is 340 g/mol. The summed E-state index contributed by atoms with van der Waals surface area (Å²) in [6.45, 7) is 4.95. The Labute approximate surface area is 125 Å². The van der Waals surface area contributed by atoms with Gasteiger partial charge in [-0.15, -0.1) is 0 Å². The van der Waals surface area contributed by atoms with E-state index in [4.69, 9.17) is 9.47 Å². The molecule has 1 aliphatic rings. The van der Waals surface area contributed by atoms with Crippen LogP contribution in [0.4, 0.5) is 5.69 Å². The van der Waals surface area contributed by atoms with Crippen LogP contribution in [-0.4, -0.2) is 17.7 Å². The molecule has 0 unspecified atom stereocenters. The molecule has 2 rings (SSSR count). The van der Waals surface area contributed by atoms with Gasteiger partial charge < -0.3 is 14.8 Å². The highest BCUT2D eigenvalue weighted by atomic mass is 79.9. The van der Waals surface area contributed by atoms with Gasteiger partial charge >= 0.3 is 11.9 Å². The SMILES string of the molecule is Cc1cc(NC=C2C(=O)OC(C)(C)OC2=O)ccc1Br. The van der Waals surface area contributed by atoms with Crippen molar-refractivity contribution in [3.05, 3.63) is 40.0 Å². The van der Waals surface area contributed by atoms with Gasteiger partial charge in [0.15, 0.2) is 5.57 Å². The number of benzene rings is 1. The lowest BCUT2D eigenvalue weighted by molar-refractivity contribution is -0.222. The van der Waals surface area contributed by atoms with Gasteiger partial charge in [0.05, 0.1) is 0 Å². The maximum Gasteiger partial charge on any atom is 0.350 e. The Morgan fingerprint density at radius 1 is 1.20 bits per heavy atom. The molecule has 0 amide bonds. The van der Waals surface area contributed by atoms with E-state index >= 15 is 0 Å². The van der Waals surface area contributed by atoms with Gasteiger partial charge in [-0.3, -0.25) is 0 Å². The summed E-state index contributed by atoms with van der Waals surface area (Å²) in [5.41, 5.74) is 1.62. The van der Waals surface area contributed by atoms with E-state index in [2.05, 4.69) is 21.2 Å². The first-order chi connectivity index (χ1) is 9.28. The maximum absolute atomic E-state index is 11.7. The van der Waals surface area contributed by atoms with Gasteiger partial charge in [-0.2, -0.15) is 0 Å². The smallest absolute Gasteiger partial charge is 0.350 e. The van der Waals surface area contributed by atoms with E-state index in [1.807, 2.05) is 25.1 Å². The van der Waals surface area contributed by atoms with Crippen molar-refractivity contribution in [2.45, 2.75) is 26.6 Å². The molecule has 0 aromatic heterocycles. The Morgan fingerprint density at radius 3 is 2.35 bits per heavy atom. The number of nitrogens with one attached hydrogen (secondary N) is 1. The number of esters is 2. The molecule has 1 aliphatic heterocycles. The topological polar surface area (TPSA) is 64.6 Å². The van der Waals surface area contributed by atoms with Crippen molar-refractivity contribution in [2.75, 3.05) is 5.32 Å². The first kappa shape index (κ1) is 14.6. The zero-order valence-corrected chi connectivity index (χ0v) is 12.9. The molecule has 0 bridgehead atoms. The van der Waals surface area contributed by atoms with Crippen LogP contribution in [-0.2, 0) is 19.1 Å². The van der Waals surface area contributed by atoms with Crippen molar-refractivity contribution in [1.29, 1.82) is 0 Å². The molecule has 0 saturated carbocycles. The second kappa shape index (κ2) is 5.28. The average Bonchev–Trinajstić information content (AvgIpc) is 2.31. The highest BCUT2D eigenvalue weighted by molar-refractivity contribution is 9.10. The number of ether oxygens (including phenoxy) is 2. The first-order valence-corrected chi connectivity index (χ1v) is 6.77. The first-order valence-electron chi connectivity index (χ1n) is 5.98. The number of hydrogen-bond donors (Lipinski definition) is 1. The van der Waals surface area contributed by atoms with E-state index in [0.717, 1.165) is 15.7 Å². The Hall–Kier alpha value is -1.82. The molecule has 0 atom stereocenters. The molecule has 1 N–H and O–H groups in total. The highest BCUT2D eigenvalue weighted by Crippen LogP contribution is 2.23. The normalized spacial score (nSPS) is 17.3. The van der Waals surface area contributed by atoms with Gasteiger partial charge in [0.25, 0.3) is 5.79 Å². The quantitative estimate of drug-likeness (QED) is 0.510. The molecular weight excluding hydrogens is 326 g/mol. The fourth-order valence-electron chi connectivity index (χ4n) is 1.67. The summed E-state index contributed by atoms with van der Waals surface area (Å²) in [4.78, 5) is 23.4. The minimum atomic E-state index is -1.22. The number of anilines is 1. The Kier molecular flexibility index (Phi) is 3.85. The predicted molar refractivity (Wildman–Crippen MR) is 76.8 cm³/mol. The van der Waals surface area contributed by atoms with Gasteiger partial charge in [-0.05, 0) is 30.7 Å². The summed E-state index contributed by atoms with van der Waals surface area (Å²) in [5, 5.41) is 2.89. The van der Waals surface area contributed by atoms with Crippen LogP contribution in [0, 0.1) is 6.92 Å². The minimum absolute atomic E-state index is 0.162. The summed E-state index contributed by atoms with van der Waals surface area (Å²) in [6, 6.07) is 5.57. The largest absolute Gasteiger partial charge is 0.419 e. The van der Waals surface area contributed by atoms with Crippen molar-refractivity contribution in [1.82, 2.24) is 0 Å². The van der Waals surface area contributed by atoms with Gasteiger partial charge in [-0.25, -0.2) is 9.59 Å². The second-order valence-electron chi connectivity index (χ2n) is 4.85. The van der Waals surface area contributed by atoms with Gasteiger partial charge in [0.1, 0.15) is 0 Å². The molecule has 1 fully saturated rings. The van der Waals surface area contributed by atoms with E-state index < -0.39 is 17.7 Å². The fourth-order valence-corrected chi connectivity index (χ4v) is 1.92. The van der Waals surface area contributed by atoms with Crippen LogP contribution in [0.15, 0.2) is 34.4 Å². The van der Waals surface area contributed by atoms with Crippen LogP contribution in [0.3, 0.4) is 0 Å². The van der Waals surface area contributed by atoms with E-state index in [1.165, 1.54) is 20.0 Å². The van der Waals surface area contributed by atoms with Crippen molar-refractivity contribution >= 4 is 33.6 Å². The van der Waals surface area contributed by atoms with Crippen LogP contribution >= 0.6 is 15.9 Å². The zero-order valence-electron chi connectivity index (χ0n) is 11.3. The highest BCUT2D eigenvalue weighted by Gasteiger charge is 2.38. The minimum Gasteiger partial charge on any atom is -0.419 e.